The molecule has 1 heterocycles. The first-order valence-corrected chi connectivity index (χ1v) is 16.9. The number of halogens is 1. The number of rotatable bonds is 30. The van der Waals surface area contributed by atoms with Crippen LogP contribution in [0.3, 0.4) is 0 Å². The van der Waals surface area contributed by atoms with Crippen LogP contribution in [0.25, 0.3) is 0 Å². The number of thiazole rings is 1. The van der Waals surface area contributed by atoms with E-state index >= 15 is 0 Å². The Balaban J connectivity index is 0.0000130. The Bertz CT molecular complexity index is 515. The highest BCUT2D eigenvalue weighted by molar-refractivity contribution is 7.07. The van der Waals surface area contributed by atoms with E-state index in [0.717, 1.165) is 32.8 Å². The topological polar surface area (TPSA) is 22.3 Å². The lowest BCUT2D eigenvalue weighted by Crippen LogP contribution is -3.00. The maximum Gasteiger partial charge on any atom is 0.224 e. The van der Waals surface area contributed by atoms with Gasteiger partial charge in [0.25, 0.3) is 0 Å². The zero-order chi connectivity index (χ0) is 25.6. The third-order valence-corrected chi connectivity index (χ3v) is 7.87. The summed E-state index contributed by atoms with van der Waals surface area (Å²) in [5, 5.41) is 2.15. The fourth-order valence-electron chi connectivity index (χ4n) is 4.81. The van der Waals surface area contributed by atoms with Crippen LogP contribution in [0.15, 0.2) is 17.1 Å². The fourth-order valence-corrected chi connectivity index (χ4v) is 5.44. The molecule has 1 rings (SSSR count). The summed E-state index contributed by atoms with van der Waals surface area (Å²) < 4.78 is 13.8. The monoisotopic (exact) mass is 559 g/mol. The maximum atomic E-state index is 5.78. The molecule has 1 aromatic rings. The molecule has 5 heteroatoms. The van der Waals surface area contributed by atoms with Gasteiger partial charge in [-0.3, -0.25) is 0 Å². The summed E-state index contributed by atoms with van der Waals surface area (Å²) in [6.07, 6.45) is 33.8. The lowest BCUT2D eigenvalue weighted by Gasteiger charge is -2.06. The van der Waals surface area contributed by atoms with E-state index in [9.17, 15) is 0 Å². The Morgan fingerprint density at radius 2 is 0.865 bits per heavy atom. The van der Waals surface area contributed by atoms with E-state index in [0.29, 0.717) is 0 Å². The highest BCUT2D eigenvalue weighted by atomic mass is 35.5. The smallest absolute Gasteiger partial charge is 0.224 e. The molecule has 0 aliphatic carbocycles. The molecule has 0 N–H and O–H groups in total. The molecule has 0 spiro atoms. The van der Waals surface area contributed by atoms with Crippen molar-refractivity contribution in [2.24, 2.45) is 0 Å². The van der Waals surface area contributed by atoms with Gasteiger partial charge in [-0.2, -0.15) is 4.57 Å². The van der Waals surface area contributed by atoms with Gasteiger partial charge in [0, 0.05) is 32.8 Å². The van der Waals surface area contributed by atoms with E-state index in [4.69, 9.17) is 9.47 Å². The van der Waals surface area contributed by atoms with E-state index in [1.165, 1.54) is 148 Å². The predicted octanol–water partition coefficient (Wildman–Crippen LogP) is 7.07. The summed E-state index contributed by atoms with van der Waals surface area (Å²) >= 11 is 1.78. The lowest BCUT2D eigenvalue weighted by molar-refractivity contribution is -0.692. The van der Waals surface area contributed by atoms with Crippen LogP contribution < -0.4 is 17.0 Å². The average molecular weight is 560 g/mol. The van der Waals surface area contributed by atoms with Crippen molar-refractivity contribution in [3.8, 4) is 0 Å². The van der Waals surface area contributed by atoms with E-state index in [2.05, 4.69) is 28.6 Å². The molecule has 37 heavy (non-hydrogen) atoms. The molecule has 0 aliphatic heterocycles. The molecule has 0 aromatic carbocycles. The molecule has 0 atom stereocenters. The van der Waals surface area contributed by atoms with Crippen molar-refractivity contribution >= 4 is 11.3 Å². The minimum Gasteiger partial charge on any atom is -1.00 e. The molecular formula is C32H62ClNO2S. The first-order chi connectivity index (χ1) is 17.9. The summed E-state index contributed by atoms with van der Waals surface area (Å²) in [4.78, 5) is 0. The van der Waals surface area contributed by atoms with Crippen LogP contribution >= 0.6 is 11.3 Å². The number of nitrogens with zero attached hydrogens (tertiary/aromatic N) is 1. The van der Waals surface area contributed by atoms with Gasteiger partial charge in [-0.1, -0.05) is 134 Å². The zero-order valence-corrected chi connectivity index (χ0v) is 26.2. The minimum atomic E-state index is 0. The van der Waals surface area contributed by atoms with Crippen molar-refractivity contribution in [1.82, 2.24) is 0 Å². The number of hydrogen-bond acceptors (Lipinski definition) is 3. The van der Waals surface area contributed by atoms with Crippen molar-refractivity contribution in [2.45, 2.75) is 161 Å². The van der Waals surface area contributed by atoms with Crippen molar-refractivity contribution < 1.29 is 26.4 Å². The highest BCUT2D eigenvalue weighted by Crippen LogP contribution is 2.13. The van der Waals surface area contributed by atoms with Gasteiger partial charge in [-0.05, 0) is 25.7 Å². The van der Waals surface area contributed by atoms with Crippen LogP contribution in [-0.4, -0.2) is 26.4 Å². The molecule has 0 saturated carbocycles. The SMILES string of the molecule is CCCCCCCCCCCCCCCCCCOCCCOCCCCCCCC[n+]1ccsc1.[Cl-]. The third kappa shape index (κ3) is 28.7. The van der Waals surface area contributed by atoms with Gasteiger partial charge in [0.15, 0.2) is 6.20 Å². The molecular weight excluding hydrogens is 498 g/mol. The van der Waals surface area contributed by atoms with Crippen molar-refractivity contribution in [1.29, 1.82) is 0 Å². The lowest BCUT2D eigenvalue weighted by atomic mass is 10.0. The molecule has 0 bridgehead atoms. The standard InChI is InChI=1S/C32H62NO2S.ClH/c1-2-3-4-5-6-7-8-9-10-11-12-13-14-16-19-22-27-34-29-24-30-35-28-23-20-17-15-18-21-25-33-26-31-36-32-33;/h26,31-32H,2-25,27-30H2,1H3;1H/q+1;/p-1. The Labute approximate surface area is 241 Å². The van der Waals surface area contributed by atoms with Crippen molar-refractivity contribution in [3.63, 3.8) is 0 Å². The van der Waals surface area contributed by atoms with Gasteiger partial charge in [0.05, 0.1) is 5.38 Å². The van der Waals surface area contributed by atoms with E-state index in [1.54, 1.807) is 11.3 Å². The van der Waals surface area contributed by atoms with Crippen LogP contribution in [0.5, 0.6) is 0 Å². The van der Waals surface area contributed by atoms with E-state index in [-0.39, 0.29) is 12.4 Å². The van der Waals surface area contributed by atoms with Crippen molar-refractivity contribution in [3.05, 3.63) is 17.1 Å². The van der Waals surface area contributed by atoms with Crippen LogP contribution in [0, 0.1) is 0 Å². The average Bonchev–Trinajstić information content (AvgIpc) is 3.41. The van der Waals surface area contributed by atoms with Gasteiger partial charge in [0.1, 0.15) is 6.54 Å². The number of hydrogen-bond donors (Lipinski definition) is 0. The molecule has 1 aromatic heterocycles. The second-order valence-electron chi connectivity index (χ2n) is 10.8. The maximum absolute atomic E-state index is 5.78. The minimum absolute atomic E-state index is 0. The second kappa shape index (κ2) is 32.1. The Kier molecular flexibility index (Phi) is 31.9. The van der Waals surface area contributed by atoms with Crippen LogP contribution in [0.2, 0.25) is 0 Å². The quantitative estimate of drug-likeness (QED) is 0.0743. The highest BCUT2D eigenvalue weighted by Gasteiger charge is 2.00. The summed E-state index contributed by atoms with van der Waals surface area (Å²) in [6, 6.07) is 0. The van der Waals surface area contributed by atoms with Gasteiger partial charge in [0.2, 0.25) is 5.51 Å². The summed E-state index contributed by atoms with van der Waals surface area (Å²) in [5.41, 5.74) is 2.20. The normalized spacial score (nSPS) is 11.2. The van der Waals surface area contributed by atoms with Gasteiger partial charge in [-0.25, -0.2) is 0 Å². The Morgan fingerprint density at radius 3 is 1.27 bits per heavy atom. The molecule has 0 aliphatic rings. The number of aromatic nitrogens is 1. The summed E-state index contributed by atoms with van der Waals surface area (Å²) in [5.74, 6) is 0. The number of unbranched alkanes of at least 4 members (excludes halogenated alkanes) is 20. The molecule has 0 saturated heterocycles. The zero-order valence-electron chi connectivity index (χ0n) is 24.6. The largest absolute Gasteiger partial charge is 1.00 e. The van der Waals surface area contributed by atoms with E-state index < -0.39 is 0 Å². The summed E-state index contributed by atoms with van der Waals surface area (Å²) in [7, 11) is 0. The van der Waals surface area contributed by atoms with Crippen molar-refractivity contribution in [2.75, 3.05) is 26.4 Å². The second-order valence-corrected chi connectivity index (χ2v) is 11.5. The first-order valence-electron chi connectivity index (χ1n) is 16.0. The Hall–Kier alpha value is -0.160. The van der Waals surface area contributed by atoms with Gasteiger partial charge < -0.3 is 21.9 Å². The number of aryl methyl sites for hydroxylation is 1. The molecule has 220 valence electrons. The molecule has 0 unspecified atom stereocenters. The Morgan fingerprint density at radius 1 is 0.486 bits per heavy atom. The van der Waals surface area contributed by atoms with Gasteiger partial charge in [-0.15, -0.1) is 0 Å². The van der Waals surface area contributed by atoms with Crippen LogP contribution in [0.1, 0.15) is 155 Å². The fraction of sp³-hybridized carbons (Fsp3) is 0.906. The molecule has 0 amide bonds. The first kappa shape index (κ1) is 36.8. The molecule has 0 fully saturated rings. The molecule has 3 nitrogen and oxygen atoms in total. The van der Waals surface area contributed by atoms with Crippen LogP contribution in [0.4, 0.5) is 0 Å². The predicted molar refractivity (Wildman–Crippen MR) is 158 cm³/mol. The van der Waals surface area contributed by atoms with Gasteiger partial charge >= 0.3 is 0 Å². The van der Waals surface area contributed by atoms with Crippen LogP contribution in [-0.2, 0) is 16.0 Å². The number of ether oxygens (including phenoxy) is 2. The molecule has 0 radical (unpaired) electrons. The van der Waals surface area contributed by atoms with E-state index in [1.807, 2.05) is 0 Å². The third-order valence-electron chi connectivity index (χ3n) is 7.20. The summed E-state index contributed by atoms with van der Waals surface area (Å²) in [6.45, 7) is 7.05.